The van der Waals surface area contributed by atoms with Crippen molar-refractivity contribution in [1.82, 2.24) is 0 Å². The van der Waals surface area contributed by atoms with Crippen molar-refractivity contribution in [3.63, 3.8) is 0 Å². The quantitative estimate of drug-likeness (QED) is 0.0923. The topological polar surface area (TPSA) is 52.4 Å². The molecular formula is C40H36Cl6N2O5Si. The molecule has 7 nitrogen and oxygen atoms in total. The second kappa shape index (κ2) is 16.6. The number of methoxy groups -OCH3 is 3. The Hall–Kier alpha value is -3.73. The molecule has 0 aromatic heterocycles. The molecule has 0 amide bonds. The van der Waals surface area contributed by atoms with E-state index in [9.17, 15) is 0 Å². The Morgan fingerprint density at radius 3 is 1.91 bits per heavy atom. The van der Waals surface area contributed by atoms with Crippen LogP contribution >= 0.6 is 69.6 Å². The minimum atomic E-state index is -4.88. The van der Waals surface area contributed by atoms with Crippen LogP contribution in [0.1, 0.15) is 29.2 Å². The summed E-state index contributed by atoms with van der Waals surface area (Å²) in [5.41, 5.74) is 5.89. The van der Waals surface area contributed by atoms with Crippen LogP contribution in [0.25, 0.3) is 0 Å². The molecule has 282 valence electrons. The predicted molar refractivity (Wildman–Crippen MR) is 224 cm³/mol. The van der Waals surface area contributed by atoms with Gasteiger partial charge in [0.1, 0.15) is 0 Å². The molecule has 3 aliphatic rings. The molecule has 5 aromatic carbocycles. The summed E-state index contributed by atoms with van der Waals surface area (Å²) in [6.45, 7) is 4.21. The Balaban J connectivity index is 0.000000569. The summed E-state index contributed by atoms with van der Waals surface area (Å²) >= 11 is 28.8. The third-order valence-electron chi connectivity index (χ3n) is 9.34. The van der Waals surface area contributed by atoms with Crippen LogP contribution in [-0.2, 0) is 0 Å². The van der Waals surface area contributed by atoms with E-state index in [0.717, 1.165) is 39.0 Å². The van der Waals surface area contributed by atoms with Crippen molar-refractivity contribution in [2.24, 2.45) is 0 Å². The van der Waals surface area contributed by atoms with Gasteiger partial charge in [-0.25, -0.2) is 0 Å². The number of ether oxygens (including phenoxy) is 3. The molecule has 0 aliphatic carbocycles. The van der Waals surface area contributed by atoms with Crippen molar-refractivity contribution in [3.8, 4) is 28.7 Å². The van der Waals surface area contributed by atoms with Gasteiger partial charge in [-0.15, -0.1) is 0 Å². The van der Waals surface area contributed by atoms with Gasteiger partial charge in [-0.3, -0.25) is 0 Å². The monoisotopic (exact) mass is 862 g/mol. The summed E-state index contributed by atoms with van der Waals surface area (Å²) in [4.78, 5) is 0. The van der Waals surface area contributed by atoms with Crippen molar-refractivity contribution in [3.05, 3.63) is 145 Å². The summed E-state index contributed by atoms with van der Waals surface area (Å²) < 4.78 is 36.4. The van der Waals surface area contributed by atoms with Crippen molar-refractivity contribution in [2.45, 2.75) is 21.1 Å². The van der Waals surface area contributed by atoms with E-state index in [1.165, 1.54) is 0 Å². The van der Waals surface area contributed by atoms with Crippen molar-refractivity contribution < 1.29 is 27.3 Å². The Bertz CT molecular complexity index is 2170. The zero-order chi connectivity index (χ0) is 38.6. The number of fused-ring (bicyclic) bond motifs is 5. The number of para-hydroxylation sites is 2. The van der Waals surface area contributed by atoms with E-state index in [1.54, 1.807) is 21.3 Å². The Morgan fingerprint density at radius 1 is 0.722 bits per heavy atom. The predicted octanol–water partition coefficient (Wildman–Crippen LogP) is 11.1. The van der Waals surface area contributed by atoms with Crippen LogP contribution in [0.3, 0.4) is 0 Å². The fourth-order valence-electron chi connectivity index (χ4n) is 7.56. The zero-order valence-electron chi connectivity index (χ0n) is 29.4. The van der Waals surface area contributed by atoms with Gasteiger partial charge in [-0.2, -0.15) is 0 Å². The van der Waals surface area contributed by atoms with Gasteiger partial charge < -0.3 is 0 Å². The maximum atomic E-state index is 7.77. The van der Waals surface area contributed by atoms with Gasteiger partial charge in [0.05, 0.1) is 0 Å². The van der Waals surface area contributed by atoms with Crippen LogP contribution < -0.4 is 32.8 Å². The fourth-order valence-corrected chi connectivity index (χ4v) is 13.5. The molecule has 0 radical (unpaired) electrons. The van der Waals surface area contributed by atoms with E-state index in [-0.39, 0.29) is 6.04 Å². The number of alkyl halides is 6. The van der Waals surface area contributed by atoms with Crippen molar-refractivity contribution >= 4 is 100 Å². The molecule has 14 heteroatoms. The number of anilines is 1. The second-order valence-electron chi connectivity index (χ2n) is 12.1. The van der Waals surface area contributed by atoms with Gasteiger partial charge in [0.25, 0.3) is 0 Å². The number of halogens is 6. The van der Waals surface area contributed by atoms with Crippen molar-refractivity contribution in [1.29, 1.82) is 0 Å². The SMILES string of the molecule is C=CC[C@@H]1c2c(OC)cc(OC)cc2O[Si-]23(c4ccccc4)Oc4cc(OC)ccc4C(c4ccccc4)=[N+]2c2ccccc2N13.ClC(Cl)Cl.ClC(Cl)Cl. The Morgan fingerprint density at radius 2 is 1.30 bits per heavy atom. The van der Waals surface area contributed by atoms with E-state index >= 15 is 0 Å². The zero-order valence-corrected chi connectivity index (χ0v) is 34.9. The minimum absolute atomic E-state index is 0.258. The summed E-state index contributed by atoms with van der Waals surface area (Å²) in [5, 5.41) is 0.932. The van der Waals surface area contributed by atoms with Crippen LogP contribution in [0.4, 0.5) is 11.4 Å². The van der Waals surface area contributed by atoms with E-state index in [4.69, 9.17) is 92.7 Å². The Labute approximate surface area is 345 Å². The summed E-state index contributed by atoms with van der Waals surface area (Å²) in [7, 11) is 0.127. The number of hydrogen-bond acceptors (Lipinski definition) is 6. The van der Waals surface area contributed by atoms with Crippen LogP contribution in [0.15, 0.2) is 128 Å². The van der Waals surface area contributed by atoms with Crippen LogP contribution in [-0.4, -0.2) is 48.0 Å². The van der Waals surface area contributed by atoms with Gasteiger partial charge in [-0.05, 0) is 0 Å². The molecule has 8 rings (SSSR count). The summed E-state index contributed by atoms with van der Waals surface area (Å²) in [5.74, 6) is 3.33. The van der Waals surface area contributed by atoms with Gasteiger partial charge in [0.15, 0.2) is 8.59 Å². The molecule has 5 aromatic rings. The molecule has 0 fully saturated rings. The molecular weight excluding hydrogens is 829 g/mol. The largest absolute Gasteiger partial charge is 0.180 e. The molecule has 0 saturated carbocycles. The minimum Gasteiger partial charge on any atom is -0.0874 e. The fraction of sp³-hybridized carbons (Fsp3) is 0.175. The molecule has 0 bridgehead atoms. The number of benzene rings is 5. The molecule has 1 atom stereocenters. The molecule has 0 N–H and O–H groups in total. The van der Waals surface area contributed by atoms with E-state index in [2.05, 4.69) is 94.2 Å². The van der Waals surface area contributed by atoms with E-state index < -0.39 is 16.8 Å². The standard InChI is InChI=1S/C38H34N2O5Si.2CHCl3/c1-5-14-33-37-35(43-4)24-28(42-3)25-36(37)45-46(29-17-10-7-11-18-29)39(33)31-19-12-13-20-32(31)40(46)38(26-15-8-6-9-16-26)30-22-21-27(41-2)23-34(30)44-46;2*2-1(3)4/h5-13,15-25,33H,1,14H2,2-4H3;2*1H/t33-;;/m1../s1. The van der Waals surface area contributed by atoms with Gasteiger partial charge in [-0.1, -0.05) is 69.6 Å². The molecule has 0 saturated heterocycles. The third kappa shape index (κ3) is 6.87. The van der Waals surface area contributed by atoms with Gasteiger partial charge >= 0.3 is 269 Å². The van der Waals surface area contributed by atoms with Crippen LogP contribution in [0.5, 0.6) is 28.7 Å². The number of hydrogen-bond donors (Lipinski definition) is 0. The average Bonchev–Trinajstić information content (AvgIpc) is 3.44. The van der Waals surface area contributed by atoms with E-state index in [0.29, 0.717) is 35.2 Å². The number of nitrogens with zero attached hydrogens (tertiary/aromatic N) is 2. The molecule has 3 heterocycles. The number of rotatable bonds is 7. The Kier molecular flexibility index (Phi) is 12.2. The third-order valence-corrected chi connectivity index (χ3v) is 14.5. The van der Waals surface area contributed by atoms with E-state index in [1.807, 2.05) is 42.5 Å². The molecule has 1 spiro atoms. The van der Waals surface area contributed by atoms with Crippen LogP contribution in [0.2, 0.25) is 0 Å². The summed E-state index contributed by atoms with van der Waals surface area (Å²) in [6, 6.07) is 39.0. The maximum absolute atomic E-state index is 7.77. The van der Waals surface area contributed by atoms with Crippen LogP contribution in [0, 0.1) is 0 Å². The molecule has 0 unspecified atom stereocenters. The second-order valence-corrected chi connectivity index (χ2v) is 19.9. The normalized spacial score (nSPS) is 17.1. The van der Waals surface area contributed by atoms with Gasteiger partial charge in [0, 0.05) is 0 Å². The average molecular weight is 866 g/mol. The first-order valence-electron chi connectivity index (χ1n) is 16.6. The smallest absolute Gasteiger partial charge is 0.0874 e. The maximum Gasteiger partial charge on any atom is 0.180 e. The summed E-state index contributed by atoms with van der Waals surface area (Å²) in [6.07, 6.45) is 2.56. The van der Waals surface area contributed by atoms with Gasteiger partial charge in [0.2, 0.25) is 0 Å². The first kappa shape index (κ1) is 39.9. The van der Waals surface area contributed by atoms with Crippen molar-refractivity contribution in [2.75, 3.05) is 25.9 Å². The molecule has 54 heavy (non-hydrogen) atoms. The molecule has 3 aliphatic heterocycles. The first-order chi connectivity index (χ1) is 26.0. The first-order valence-corrected chi connectivity index (χ1v) is 21.5.